The molecule has 0 radical (unpaired) electrons. The second-order valence-corrected chi connectivity index (χ2v) is 3.65. The van der Waals surface area contributed by atoms with Crippen LogP contribution in [0.5, 0.6) is 0 Å². The van der Waals surface area contributed by atoms with Crippen molar-refractivity contribution in [2.75, 3.05) is 25.1 Å². The summed E-state index contributed by atoms with van der Waals surface area (Å²) in [5.74, 6) is 0.360. The number of carbonyl (C=O) groups is 1. The number of aromatic nitrogens is 2. The number of esters is 1. The van der Waals surface area contributed by atoms with Gasteiger partial charge in [0.05, 0.1) is 13.0 Å². The van der Waals surface area contributed by atoms with E-state index in [0.717, 1.165) is 0 Å². The van der Waals surface area contributed by atoms with E-state index in [-0.39, 0.29) is 11.9 Å². The highest BCUT2D eigenvalue weighted by atomic mass is 35.5. The fraction of sp³-hybridized carbons (Fsp3) is 0.444. The number of hydrogen-bond donors (Lipinski definition) is 0. The van der Waals surface area contributed by atoms with Gasteiger partial charge in [-0.3, -0.25) is 4.79 Å². The number of nitrogens with zero attached hydrogens (tertiary/aromatic N) is 3. The summed E-state index contributed by atoms with van der Waals surface area (Å²) < 4.78 is 4.63. The molecule has 1 saturated heterocycles. The maximum absolute atomic E-state index is 11.1. The molecule has 1 aromatic heterocycles. The predicted molar refractivity (Wildman–Crippen MR) is 54.8 cm³/mol. The number of methoxy groups -OCH3 is 1. The van der Waals surface area contributed by atoms with Crippen LogP contribution in [0.25, 0.3) is 0 Å². The standard InChI is InChI=1S/C9H10ClN3O2/c1-15-9(14)6-4-13(5-6)8-7(10)11-2-3-12-8/h2-3,6H,4-5H2,1H3. The average molecular weight is 228 g/mol. The van der Waals surface area contributed by atoms with Crippen molar-refractivity contribution < 1.29 is 9.53 Å². The number of rotatable bonds is 2. The molecule has 15 heavy (non-hydrogen) atoms. The van der Waals surface area contributed by atoms with Crippen LogP contribution in [0.2, 0.25) is 5.15 Å². The quantitative estimate of drug-likeness (QED) is 0.698. The van der Waals surface area contributed by atoms with Gasteiger partial charge in [-0.25, -0.2) is 9.97 Å². The fourth-order valence-electron chi connectivity index (χ4n) is 1.49. The van der Waals surface area contributed by atoms with Crippen molar-refractivity contribution in [2.45, 2.75) is 0 Å². The van der Waals surface area contributed by atoms with Crippen LogP contribution in [-0.4, -0.2) is 36.1 Å². The SMILES string of the molecule is COC(=O)C1CN(c2nccnc2Cl)C1. The molecule has 0 aliphatic carbocycles. The van der Waals surface area contributed by atoms with Crippen LogP contribution in [0.1, 0.15) is 0 Å². The minimum absolute atomic E-state index is 0.0759. The van der Waals surface area contributed by atoms with E-state index in [1.165, 1.54) is 13.3 Å². The molecular weight excluding hydrogens is 218 g/mol. The van der Waals surface area contributed by atoms with E-state index in [9.17, 15) is 4.79 Å². The summed E-state index contributed by atoms with van der Waals surface area (Å²) >= 11 is 5.86. The average Bonchev–Trinajstić information content (AvgIpc) is 2.18. The van der Waals surface area contributed by atoms with Gasteiger partial charge in [0.15, 0.2) is 11.0 Å². The minimum Gasteiger partial charge on any atom is -0.469 e. The Bertz CT molecular complexity index is 379. The lowest BCUT2D eigenvalue weighted by Crippen LogP contribution is -2.51. The van der Waals surface area contributed by atoms with E-state index in [2.05, 4.69) is 14.7 Å². The highest BCUT2D eigenvalue weighted by molar-refractivity contribution is 6.31. The lowest BCUT2D eigenvalue weighted by atomic mass is 10.0. The van der Waals surface area contributed by atoms with Gasteiger partial charge in [0.2, 0.25) is 0 Å². The van der Waals surface area contributed by atoms with Crippen LogP contribution < -0.4 is 4.90 Å². The topological polar surface area (TPSA) is 55.3 Å². The summed E-state index contributed by atoms with van der Waals surface area (Å²) in [4.78, 5) is 21.1. The van der Waals surface area contributed by atoms with Crippen LogP contribution in [0.4, 0.5) is 5.82 Å². The highest BCUT2D eigenvalue weighted by Crippen LogP contribution is 2.27. The van der Waals surface area contributed by atoms with E-state index >= 15 is 0 Å². The molecule has 2 heterocycles. The molecule has 0 saturated carbocycles. The predicted octanol–water partition coefficient (Wildman–Crippen LogP) is 0.739. The van der Waals surface area contributed by atoms with Crippen molar-refractivity contribution in [1.29, 1.82) is 0 Å². The third-order valence-corrected chi connectivity index (χ3v) is 2.62. The van der Waals surface area contributed by atoms with Gasteiger partial charge in [-0.15, -0.1) is 0 Å². The smallest absolute Gasteiger partial charge is 0.312 e. The number of halogens is 1. The molecule has 1 aliphatic heterocycles. The maximum atomic E-state index is 11.1. The summed E-state index contributed by atoms with van der Waals surface area (Å²) in [5.41, 5.74) is 0. The number of anilines is 1. The molecule has 0 atom stereocenters. The van der Waals surface area contributed by atoms with Crippen molar-refractivity contribution in [1.82, 2.24) is 9.97 Å². The van der Waals surface area contributed by atoms with Crippen molar-refractivity contribution in [3.05, 3.63) is 17.5 Å². The van der Waals surface area contributed by atoms with Gasteiger partial charge in [-0.2, -0.15) is 0 Å². The van der Waals surface area contributed by atoms with E-state index in [0.29, 0.717) is 24.1 Å². The Morgan fingerprint density at radius 3 is 2.80 bits per heavy atom. The summed E-state index contributed by atoms with van der Waals surface area (Å²) in [7, 11) is 1.39. The van der Waals surface area contributed by atoms with Crippen molar-refractivity contribution in [2.24, 2.45) is 5.92 Å². The van der Waals surface area contributed by atoms with Gasteiger partial charge in [0.25, 0.3) is 0 Å². The first-order chi connectivity index (χ1) is 7.22. The van der Waals surface area contributed by atoms with Gasteiger partial charge in [-0.1, -0.05) is 11.6 Å². The summed E-state index contributed by atoms with van der Waals surface area (Å²) in [6.07, 6.45) is 3.11. The summed E-state index contributed by atoms with van der Waals surface area (Å²) in [6.45, 7) is 1.18. The van der Waals surface area contributed by atoms with Crippen molar-refractivity contribution in [3.8, 4) is 0 Å². The normalized spacial score (nSPS) is 16.0. The molecule has 2 rings (SSSR count). The molecule has 1 aromatic rings. The fourth-order valence-corrected chi connectivity index (χ4v) is 1.72. The molecule has 0 unspecified atom stereocenters. The Labute approximate surface area is 92.0 Å². The Balaban J connectivity index is 2.00. The Hall–Kier alpha value is -1.36. The molecule has 80 valence electrons. The van der Waals surface area contributed by atoms with Crippen LogP contribution >= 0.6 is 11.6 Å². The first-order valence-electron chi connectivity index (χ1n) is 4.51. The van der Waals surface area contributed by atoms with Gasteiger partial charge in [-0.05, 0) is 0 Å². The number of carbonyl (C=O) groups excluding carboxylic acids is 1. The van der Waals surface area contributed by atoms with Crippen LogP contribution in [-0.2, 0) is 9.53 Å². The molecule has 6 heteroatoms. The third kappa shape index (κ3) is 1.87. The highest BCUT2D eigenvalue weighted by Gasteiger charge is 2.35. The number of ether oxygens (including phenoxy) is 1. The molecule has 0 bridgehead atoms. The number of hydrogen-bond acceptors (Lipinski definition) is 5. The maximum Gasteiger partial charge on any atom is 0.312 e. The molecule has 0 amide bonds. The zero-order chi connectivity index (χ0) is 10.8. The molecule has 0 spiro atoms. The van der Waals surface area contributed by atoms with Gasteiger partial charge in [0.1, 0.15) is 0 Å². The zero-order valence-electron chi connectivity index (χ0n) is 8.18. The summed E-state index contributed by atoms with van der Waals surface area (Å²) in [6, 6.07) is 0. The molecule has 1 fully saturated rings. The monoisotopic (exact) mass is 227 g/mol. The van der Waals surface area contributed by atoms with Crippen LogP contribution in [0.15, 0.2) is 12.4 Å². The lowest BCUT2D eigenvalue weighted by molar-refractivity contribution is -0.146. The Kier molecular flexibility index (Phi) is 2.73. The Morgan fingerprint density at radius 1 is 1.53 bits per heavy atom. The van der Waals surface area contributed by atoms with Gasteiger partial charge >= 0.3 is 5.97 Å². The second kappa shape index (κ2) is 4.02. The molecule has 5 nitrogen and oxygen atoms in total. The molecule has 0 N–H and O–H groups in total. The van der Waals surface area contributed by atoms with Crippen LogP contribution in [0, 0.1) is 5.92 Å². The van der Waals surface area contributed by atoms with E-state index in [1.807, 2.05) is 4.90 Å². The van der Waals surface area contributed by atoms with E-state index < -0.39 is 0 Å². The lowest BCUT2D eigenvalue weighted by Gasteiger charge is -2.38. The molecule has 1 aliphatic rings. The van der Waals surface area contributed by atoms with Gasteiger partial charge in [0, 0.05) is 25.5 Å². The van der Waals surface area contributed by atoms with Crippen LogP contribution in [0.3, 0.4) is 0 Å². The summed E-state index contributed by atoms with van der Waals surface area (Å²) in [5, 5.41) is 0.362. The first kappa shape index (κ1) is 10.2. The second-order valence-electron chi connectivity index (χ2n) is 3.30. The largest absolute Gasteiger partial charge is 0.469 e. The van der Waals surface area contributed by atoms with Gasteiger partial charge < -0.3 is 9.64 Å². The van der Waals surface area contributed by atoms with Crippen molar-refractivity contribution >= 4 is 23.4 Å². The molecule has 0 aromatic carbocycles. The third-order valence-electron chi connectivity index (χ3n) is 2.35. The van der Waals surface area contributed by atoms with E-state index in [1.54, 1.807) is 6.20 Å². The first-order valence-corrected chi connectivity index (χ1v) is 4.89. The zero-order valence-corrected chi connectivity index (χ0v) is 8.94. The van der Waals surface area contributed by atoms with Crippen molar-refractivity contribution in [3.63, 3.8) is 0 Å². The minimum atomic E-state index is -0.189. The molecular formula is C9H10ClN3O2. The van der Waals surface area contributed by atoms with E-state index in [4.69, 9.17) is 11.6 Å². The Morgan fingerprint density at radius 2 is 2.20 bits per heavy atom.